The molecule has 0 fully saturated rings. The fraction of sp³-hybridized carbons (Fsp3) is 0. The highest BCUT2D eigenvalue weighted by molar-refractivity contribution is 7.92. The van der Waals surface area contributed by atoms with Gasteiger partial charge in [-0.2, -0.15) is 8.42 Å². The van der Waals surface area contributed by atoms with Gasteiger partial charge in [-0.3, -0.25) is 0 Å². The number of sulfonamides is 1. The third kappa shape index (κ3) is 2.29. The van der Waals surface area contributed by atoms with E-state index < -0.39 is 10.0 Å². The molecular formula is C12H12N2O3S. The summed E-state index contributed by atoms with van der Waals surface area (Å²) in [5.41, 5.74) is 0.193. The number of phenolic OH excluding ortho intramolecular Hbond substituents is 1. The quantitative estimate of drug-likeness (QED) is 0.649. The molecule has 0 bridgehead atoms. The van der Waals surface area contributed by atoms with E-state index in [1.54, 1.807) is 18.2 Å². The van der Waals surface area contributed by atoms with Crippen LogP contribution in [0.15, 0.2) is 59.5 Å². The Morgan fingerprint density at radius 2 is 1.67 bits per heavy atom. The minimum atomic E-state index is -3.81. The molecule has 3 N–H and O–H groups in total. The van der Waals surface area contributed by atoms with Crippen LogP contribution in [0.4, 0.5) is 5.69 Å². The lowest BCUT2D eigenvalue weighted by atomic mass is 10.3. The molecule has 0 radical (unpaired) electrons. The standard InChI is InChI=1S/C12H12N2O3S/c13-14(10-5-4-6-11(15)9-10)18(16,17)12-7-2-1-3-8-12/h1-9,15H,13H2. The smallest absolute Gasteiger partial charge is 0.277 e. The van der Waals surface area contributed by atoms with Crippen LogP contribution < -0.4 is 10.3 Å². The number of phenols is 1. The van der Waals surface area contributed by atoms with E-state index in [0.29, 0.717) is 4.41 Å². The highest BCUT2D eigenvalue weighted by Gasteiger charge is 2.21. The van der Waals surface area contributed by atoms with Gasteiger partial charge in [0.05, 0.1) is 10.6 Å². The maximum Gasteiger partial charge on any atom is 0.277 e. The molecule has 5 nitrogen and oxygen atoms in total. The van der Waals surface area contributed by atoms with E-state index in [2.05, 4.69) is 0 Å². The monoisotopic (exact) mass is 264 g/mol. The van der Waals surface area contributed by atoms with Crippen molar-refractivity contribution in [2.75, 3.05) is 4.41 Å². The molecular weight excluding hydrogens is 252 g/mol. The number of nitrogens with two attached hydrogens (primary N) is 1. The van der Waals surface area contributed by atoms with E-state index in [0.717, 1.165) is 0 Å². The normalized spacial score (nSPS) is 11.2. The molecule has 6 heteroatoms. The lowest BCUT2D eigenvalue weighted by Gasteiger charge is -2.18. The van der Waals surface area contributed by atoms with E-state index in [9.17, 15) is 13.5 Å². The Hall–Kier alpha value is -2.05. The Balaban J connectivity index is 2.43. The van der Waals surface area contributed by atoms with Crippen molar-refractivity contribution in [2.24, 2.45) is 5.84 Å². The zero-order chi connectivity index (χ0) is 13.2. The summed E-state index contributed by atoms with van der Waals surface area (Å²) in [5, 5.41) is 9.32. The Labute approximate surface area is 105 Å². The van der Waals surface area contributed by atoms with Crippen LogP contribution in [-0.2, 0) is 10.0 Å². The van der Waals surface area contributed by atoms with Crippen LogP contribution >= 0.6 is 0 Å². The van der Waals surface area contributed by atoms with Crippen molar-refractivity contribution in [3.05, 3.63) is 54.6 Å². The predicted molar refractivity (Wildman–Crippen MR) is 68.4 cm³/mol. The Kier molecular flexibility index (Phi) is 3.22. The third-order valence-electron chi connectivity index (χ3n) is 2.38. The van der Waals surface area contributed by atoms with Crippen molar-refractivity contribution >= 4 is 15.7 Å². The van der Waals surface area contributed by atoms with Gasteiger partial charge in [-0.15, -0.1) is 0 Å². The number of hydrogen-bond donors (Lipinski definition) is 2. The first-order valence-corrected chi connectivity index (χ1v) is 6.60. The van der Waals surface area contributed by atoms with E-state index >= 15 is 0 Å². The number of rotatable bonds is 3. The Bertz CT molecular complexity index is 641. The molecule has 2 aromatic carbocycles. The SMILES string of the molecule is NN(c1cccc(O)c1)S(=O)(=O)c1ccccc1. The van der Waals surface area contributed by atoms with Crippen LogP contribution in [0.2, 0.25) is 0 Å². The molecule has 0 aliphatic heterocycles. The van der Waals surface area contributed by atoms with Crippen LogP contribution in [0, 0.1) is 0 Å². The Morgan fingerprint density at radius 3 is 2.28 bits per heavy atom. The van der Waals surface area contributed by atoms with E-state index in [-0.39, 0.29) is 16.3 Å². The molecule has 2 rings (SSSR count). The first-order chi connectivity index (χ1) is 8.51. The molecule has 2 aromatic rings. The Morgan fingerprint density at radius 1 is 1.00 bits per heavy atom. The van der Waals surface area contributed by atoms with Crippen LogP contribution in [0.3, 0.4) is 0 Å². The first kappa shape index (κ1) is 12.4. The van der Waals surface area contributed by atoms with Crippen molar-refractivity contribution in [1.29, 1.82) is 0 Å². The van der Waals surface area contributed by atoms with Gasteiger partial charge in [0, 0.05) is 6.07 Å². The van der Waals surface area contributed by atoms with Gasteiger partial charge in [0.2, 0.25) is 0 Å². The molecule has 0 saturated heterocycles. The molecule has 94 valence electrons. The molecule has 18 heavy (non-hydrogen) atoms. The molecule has 0 spiro atoms. The summed E-state index contributed by atoms with van der Waals surface area (Å²) in [4.78, 5) is 0.0934. The average molecular weight is 264 g/mol. The second-order valence-corrected chi connectivity index (χ2v) is 5.45. The van der Waals surface area contributed by atoms with Crippen molar-refractivity contribution in [2.45, 2.75) is 4.90 Å². The molecule has 0 saturated carbocycles. The molecule has 0 aromatic heterocycles. The van der Waals surface area contributed by atoms with Crippen LogP contribution in [-0.4, -0.2) is 13.5 Å². The number of anilines is 1. The predicted octanol–water partition coefficient (Wildman–Crippen LogP) is 1.46. The van der Waals surface area contributed by atoms with E-state index in [1.165, 1.54) is 36.4 Å². The summed E-state index contributed by atoms with van der Waals surface area (Å²) < 4.78 is 25.0. The minimum Gasteiger partial charge on any atom is -0.508 e. The number of hydrogen-bond acceptors (Lipinski definition) is 4. The topological polar surface area (TPSA) is 83.6 Å². The van der Waals surface area contributed by atoms with Crippen LogP contribution in [0.5, 0.6) is 5.75 Å². The van der Waals surface area contributed by atoms with Gasteiger partial charge in [0.1, 0.15) is 5.75 Å². The molecule has 0 amide bonds. The van der Waals surface area contributed by atoms with Gasteiger partial charge in [-0.05, 0) is 24.3 Å². The highest BCUT2D eigenvalue weighted by atomic mass is 32.2. The number of hydrazine groups is 1. The van der Waals surface area contributed by atoms with E-state index in [1.807, 2.05) is 0 Å². The highest BCUT2D eigenvalue weighted by Crippen LogP contribution is 2.23. The van der Waals surface area contributed by atoms with Gasteiger partial charge in [-0.25, -0.2) is 10.3 Å². The van der Waals surface area contributed by atoms with Gasteiger partial charge in [0.15, 0.2) is 0 Å². The lowest BCUT2D eigenvalue weighted by Crippen LogP contribution is -2.37. The molecule has 0 heterocycles. The summed E-state index contributed by atoms with van der Waals surface area (Å²) in [6.07, 6.45) is 0. The fourth-order valence-electron chi connectivity index (χ4n) is 1.47. The number of benzene rings is 2. The maximum atomic E-state index is 12.2. The molecule has 0 aliphatic rings. The minimum absolute atomic E-state index is 0.0498. The van der Waals surface area contributed by atoms with Gasteiger partial charge in [0.25, 0.3) is 10.0 Å². The van der Waals surface area contributed by atoms with Crippen LogP contribution in [0.25, 0.3) is 0 Å². The van der Waals surface area contributed by atoms with Crippen molar-refractivity contribution in [3.8, 4) is 5.75 Å². The largest absolute Gasteiger partial charge is 0.508 e. The number of aromatic hydroxyl groups is 1. The maximum absolute atomic E-state index is 12.2. The number of nitrogens with zero attached hydrogens (tertiary/aromatic N) is 1. The zero-order valence-electron chi connectivity index (χ0n) is 9.39. The molecule has 0 aliphatic carbocycles. The second-order valence-electron chi connectivity index (χ2n) is 3.63. The summed E-state index contributed by atoms with van der Waals surface area (Å²) in [5.74, 6) is 5.56. The van der Waals surface area contributed by atoms with Crippen LogP contribution in [0.1, 0.15) is 0 Å². The van der Waals surface area contributed by atoms with Crippen molar-refractivity contribution in [3.63, 3.8) is 0 Å². The van der Waals surface area contributed by atoms with E-state index in [4.69, 9.17) is 5.84 Å². The lowest BCUT2D eigenvalue weighted by molar-refractivity contribution is 0.475. The van der Waals surface area contributed by atoms with Gasteiger partial charge < -0.3 is 5.11 Å². The summed E-state index contributed by atoms with van der Waals surface area (Å²) in [6, 6.07) is 13.6. The molecule has 0 unspecified atom stereocenters. The van der Waals surface area contributed by atoms with Gasteiger partial charge >= 0.3 is 0 Å². The summed E-state index contributed by atoms with van der Waals surface area (Å²) in [6.45, 7) is 0. The second kappa shape index (κ2) is 4.67. The average Bonchev–Trinajstić information content (AvgIpc) is 2.39. The first-order valence-electron chi connectivity index (χ1n) is 5.16. The summed E-state index contributed by atoms with van der Waals surface area (Å²) in [7, 11) is -3.81. The zero-order valence-corrected chi connectivity index (χ0v) is 10.2. The van der Waals surface area contributed by atoms with Crippen molar-refractivity contribution < 1.29 is 13.5 Å². The van der Waals surface area contributed by atoms with Crippen molar-refractivity contribution in [1.82, 2.24) is 0 Å². The fourth-order valence-corrected chi connectivity index (χ4v) is 2.59. The van der Waals surface area contributed by atoms with Gasteiger partial charge in [-0.1, -0.05) is 24.3 Å². The summed E-state index contributed by atoms with van der Waals surface area (Å²) >= 11 is 0. The third-order valence-corrected chi connectivity index (χ3v) is 3.98. The molecule has 0 atom stereocenters.